The quantitative estimate of drug-likeness (QED) is 0.830. The van der Waals surface area contributed by atoms with Crippen LogP contribution < -0.4 is 4.90 Å². The fourth-order valence-electron chi connectivity index (χ4n) is 5.22. The van der Waals surface area contributed by atoms with E-state index in [4.69, 9.17) is 4.74 Å². The van der Waals surface area contributed by atoms with Gasteiger partial charge < -0.3 is 14.7 Å². The third-order valence-electron chi connectivity index (χ3n) is 6.27. The first-order valence-corrected chi connectivity index (χ1v) is 9.49. The molecule has 2 aromatic carbocycles. The van der Waals surface area contributed by atoms with Crippen molar-refractivity contribution in [2.24, 2.45) is 11.8 Å². The molecule has 3 aliphatic rings. The molecule has 0 saturated carbocycles. The molecule has 0 aromatic heterocycles. The lowest BCUT2D eigenvalue weighted by molar-refractivity contribution is -0.146. The number of benzene rings is 2. The molecule has 2 fully saturated rings. The molecule has 0 unspecified atom stereocenters. The Morgan fingerprint density at radius 2 is 2.00 bits per heavy atom. The van der Waals surface area contributed by atoms with Gasteiger partial charge in [0.1, 0.15) is 11.5 Å². The smallest absolute Gasteiger partial charge is 0.310 e. The minimum Gasteiger partial charge on any atom is -0.481 e. The predicted octanol–water partition coefficient (Wildman–Crippen LogP) is 3.55. The van der Waals surface area contributed by atoms with Gasteiger partial charge in [0, 0.05) is 5.39 Å². The molecule has 5 heteroatoms. The molecule has 0 radical (unpaired) electrons. The van der Waals surface area contributed by atoms with Crippen molar-refractivity contribution in [3.05, 3.63) is 66.8 Å². The summed E-state index contributed by atoms with van der Waals surface area (Å²) in [5.41, 5.74) is 0.806. The largest absolute Gasteiger partial charge is 0.481 e. The van der Waals surface area contributed by atoms with E-state index in [1.807, 2.05) is 55.5 Å². The number of carbonyl (C=O) groups is 2. The normalized spacial score (nSPS) is 32.9. The molecule has 2 bridgehead atoms. The molecule has 2 saturated heterocycles. The van der Waals surface area contributed by atoms with Gasteiger partial charge >= 0.3 is 5.97 Å². The van der Waals surface area contributed by atoms with Gasteiger partial charge in [0.15, 0.2) is 0 Å². The standard InChI is InChI=1S/C23H21NO4/c1-13(2)12-18-23-11-10-17(28-23)19(22(26)27)20(23)21(25)24(18)16-9-5-7-14-6-3-4-8-15(14)16/h3-11,17-20H,1,12H2,2H3,(H,26,27)/t17-,18+,19+,20+,23-/m0/s1. The summed E-state index contributed by atoms with van der Waals surface area (Å²) in [5, 5.41) is 11.8. The second-order valence-corrected chi connectivity index (χ2v) is 8.02. The van der Waals surface area contributed by atoms with Crippen LogP contribution in [0.1, 0.15) is 13.3 Å². The van der Waals surface area contributed by atoms with E-state index in [1.165, 1.54) is 0 Å². The number of fused-ring (bicyclic) bond motifs is 2. The van der Waals surface area contributed by atoms with E-state index >= 15 is 0 Å². The molecule has 1 N–H and O–H groups in total. The summed E-state index contributed by atoms with van der Waals surface area (Å²) in [6, 6.07) is 13.4. The number of carboxylic acid groups (broad SMARTS) is 1. The average Bonchev–Trinajstić information content (AvgIpc) is 3.30. The molecule has 1 amide bonds. The van der Waals surface area contributed by atoms with E-state index in [2.05, 4.69) is 6.58 Å². The Bertz CT molecular complexity index is 1050. The molecule has 1 spiro atoms. The van der Waals surface area contributed by atoms with Crippen LogP contribution in [-0.4, -0.2) is 34.7 Å². The molecule has 3 heterocycles. The van der Waals surface area contributed by atoms with Crippen molar-refractivity contribution in [3.63, 3.8) is 0 Å². The first kappa shape index (κ1) is 17.2. The van der Waals surface area contributed by atoms with Crippen molar-refractivity contribution in [1.82, 2.24) is 0 Å². The van der Waals surface area contributed by atoms with Crippen LogP contribution in [0.25, 0.3) is 10.8 Å². The van der Waals surface area contributed by atoms with Crippen LogP contribution >= 0.6 is 0 Å². The highest BCUT2D eigenvalue weighted by molar-refractivity contribution is 6.09. The number of hydrogen-bond acceptors (Lipinski definition) is 3. The van der Waals surface area contributed by atoms with Gasteiger partial charge in [-0.25, -0.2) is 0 Å². The van der Waals surface area contributed by atoms with Crippen LogP contribution in [-0.2, 0) is 14.3 Å². The molecule has 28 heavy (non-hydrogen) atoms. The Kier molecular flexibility index (Phi) is 3.55. The number of carboxylic acids is 1. The second kappa shape index (κ2) is 5.79. The van der Waals surface area contributed by atoms with Gasteiger partial charge in [-0.1, -0.05) is 54.1 Å². The highest BCUT2D eigenvalue weighted by Gasteiger charge is 2.71. The Morgan fingerprint density at radius 1 is 1.25 bits per heavy atom. The number of carbonyl (C=O) groups excluding carboxylic acids is 1. The fourth-order valence-corrected chi connectivity index (χ4v) is 5.22. The van der Waals surface area contributed by atoms with E-state index in [1.54, 1.807) is 11.0 Å². The molecule has 142 valence electrons. The van der Waals surface area contributed by atoms with Crippen molar-refractivity contribution < 1.29 is 19.4 Å². The lowest BCUT2D eigenvalue weighted by atomic mass is 9.74. The maximum Gasteiger partial charge on any atom is 0.310 e. The van der Waals surface area contributed by atoms with Crippen molar-refractivity contribution in [2.45, 2.75) is 31.1 Å². The molecule has 3 aliphatic heterocycles. The van der Waals surface area contributed by atoms with Crippen molar-refractivity contribution in [3.8, 4) is 0 Å². The third kappa shape index (κ3) is 2.11. The number of nitrogens with zero attached hydrogens (tertiary/aromatic N) is 1. The Hall–Kier alpha value is -2.92. The molecule has 5 nitrogen and oxygen atoms in total. The van der Waals surface area contributed by atoms with Gasteiger partial charge in [-0.15, -0.1) is 6.58 Å². The minimum absolute atomic E-state index is 0.179. The SMILES string of the molecule is C=C(C)C[C@H]1N(c2cccc3ccccc23)C(=O)[C@H]2[C@H](C(=O)O)[C@@H]3C=C[C@@]21O3. The van der Waals surface area contributed by atoms with Gasteiger partial charge in [-0.3, -0.25) is 9.59 Å². The van der Waals surface area contributed by atoms with Gasteiger partial charge in [-0.2, -0.15) is 0 Å². The topological polar surface area (TPSA) is 66.8 Å². The number of ether oxygens (including phenoxy) is 1. The molecule has 5 rings (SSSR count). The fraction of sp³-hybridized carbons (Fsp3) is 0.304. The first-order chi connectivity index (χ1) is 13.4. The Labute approximate surface area is 162 Å². The predicted molar refractivity (Wildman–Crippen MR) is 106 cm³/mol. The van der Waals surface area contributed by atoms with E-state index in [0.29, 0.717) is 6.42 Å². The monoisotopic (exact) mass is 375 g/mol. The summed E-state index contributed by atoms with van der Waals surface area (Å²) in [4.78, 5) is 27.4. The van der Waals surface area contributed by atoms with Crippen LogP contribution in [0.4, 0.5) is 5.69 Å². The molecule has 0 aliphatic carbocycles. The zero-order valence-electron chi connectivity index (χ0n) is 15.5. The van der Waals surface area contributed by atoms with Gasteiger partial charge in [0.2, 0.25) is 5.91 Å². The van der Waals surface area contributed by atoms with E-state index in [0.717, 1.165) is 22.0 Å². The summed E-state index contributed by atoms with van der Waals surface area (Å²) < 4.78 is 6.21. The van der Waals surface area contributed by atoms with E-state index in [-0.39, 0.29) is 11.9 Å². The molecule has 2 aromatic rings. The summed E-state index contributed by atoms with van der Waals surface area (Å²) >= 11 is 0. The van der Waals surface area contributed by atoms with Crippen molar-refractivity contribution in [2.75, 3.05) is 4.90 Å². The minimum atomic E-state index is -0.983. The van der Waals surface area contributed by atoms with Gasteiger partial charge in [0.25, 0.3) is 0 Å². The Morgan fingerprint density at radius 3 is 2.75 bits per heavy atom. The number of anilines is 1. The second-order valence-electron chi connectivity index (χ2n) is 8.02. The van der Waals surface area contributed by atoms with E-state index in [9.17, 15) is 14.7 Å². The highest BCUT2D eigenvalue weighted by atomic mass is 16.5. The third-order valence-corrected chi connectivity index (χ3v) is 6.27. The number of hydrogen-bond donors (Lipinski definition) is 1. The molecular formula is C23H21NO4. The summed E-state index contributed by atoms with van der Waals surface area (Å²) in [7, 11) is 0. The van der Waals surface area contributed by atoms with Crippen LogP contribution in [0.15, 0.2) is 66.8 Å². The van der Waals surface area contributed by atoms with Crippen LogP contribution in [0.5, 0.6) is 0 Å². The van der Waals surface area contributed by atoms with Gasteiger partial charge in [0.05, 0.1) is 23.8 Å². The highest BCUT2D eigenvalue weighted by Crippen LogP contribution is 2.57. The van der Waals surface area contributed by atoms with Crippen molar-refractivity contribution >= 4 is 28.3 Å². The van der Waals surface area contributed by atoms with E-state index < -0.39 is 29.5 Å². The van der Waals surface area contributed by atoms with Crippen molar-refractivity contribution in [1.29, 1.82) is 0 Å². The summed E-state index contributed by atoms with van der Waals surface area (Å²) in [5.74, 6) is -2.74. The lowest BCUT2D eigenvalue weighted by Gasteiger charge is -2.34. The maximum absolute atomic E-state index is 13.6. The molecule has 5 atom stereocenters. The zero-order chi connectivity index (χ0) is 19.6. The zero-order valence-corrected chi connectivity index (χ0v) is 15.5. The van der Waals surface area contributed by atoms with Crippen LogP contribution in [0, 0.1) is 11.8 Å². The first-order valence-electron chi connectivity index (χ1n) is 9.49. The Balaban J connectivity index is 1.71. The average molecular weight is 375 g/mol. The summed E-state index contributed by atoms with van der Waals surface area (Å²) in [6.45, 7) is 5.97. The van der Waals surface area contributed by atoms with Crippen LogP contribution in [0.2, 0.25) is 0 Å². The number of aliphatic carboxylic acids is 1. The summed E-state index contributed by atoms with van der Waals surface area (Å²) in [6.07, 6.45) is 3.72. The number of rotatable bonds is 4. The lowest BCUT2D eigenvalue weighted by Crippen LogP contribution is -2.45. The molecular weight excluding hydrogens is 354 g/mol. The van der Waals surface area contributed by atoms with Crippen LogP contribution in [0.3, 0.4) is 0 Å². The maximum atomic E-state index is 13.6. The number of amides is 1. The van der Waals surface area contributed by atoms with Gasteiger partial charge in [-0.05, 0) is 24.8 Å².